The van der Waals surface area contributed by atoms with Gasteiger partial charge in [-0.25, -0.2) is 0 Å². The fourth-order valence-electron chi connectivity index (χ4n) is 4.01. The second-order valence-corrected chi connectivity index (χ2v) is 9.35. The van der Waals surface area contributed by atoms with E-state index in [1.807, 2.05) is 27.6 Å². The lowest BCUT2D eigenvalue weighted by Crippen LogP contribution is -2.38. The van der Waals surface area contributed by atoms with E-state index in [1.54, 1.807) is 0 Å². The Balaban J connectivity index is 1.30. The first-order valence-corrected chi connectivity index (χ1v) is 10.5. The van der Waals surface area contributed by atoms with Gasteiger partial charge in [0.2, 0.25) is 0 Å². The Morgan fingerprint density at radius 1 is 1.07 bits per heavy atom. The van der Waals surface area contributed by atoms with Gasteiger partial charge in [-0.1, -0.05) is 20.8 Å². The van der Waals surface area contributed by atoms with Crippen LogP contribution < -0.4 is 0 Å². The Labute approximate surface area is 169 Å². The molecular weight excluding hydrogens is 366 g/mol. The molecule has 5 rings (SSSR count). The lowest BCUT2D eigenvalue weighted by molar-refractivity contribution is 0.0704. The van der Waals surface area contributed by atoms with Gasteiger partial charge in [-0.05, 0) is 43.9 Å². The summed E-state index contributed by atoms with van der Waals surface area (Å²) >= 11 is 0. The molecule has 0 spiro atoms. The molecule has 1 amide bonds. The van der Waals surface area contributed by atoms with E-state index in [4.69, 9.17) is 5.10 Å². The Hall–Kier alpha value is -2.77. The molecule has 0 unspecified atom stereocenters. The van der Waals surface area contributed by atoms with Crippen LogP contribution in [0.15, 0.2) is 18.2 Å². The van der Waals surface area contributed by atoms with Crippen molar-refractivity contribution >= 4 is 11.6 Å². The maximum atomic E-state index is 12.8. The molecule has 0 atom stereocenters. The van der Waals surface area contributed by atoms with Gasteiger partial charge in [-0.3, -0.25) is 9.89 Å². The molecule has 2 aliphatic rings. The molecule has 0 aromatic carbocycles. The van der Waals surface area contributed by atoms with Gasteiger partial charge in [-0.2, -0.15) is 14.7 Å². The highest BCUT2D eigenvalue weighted by Crippen LogP contribution is 2.39. The van der Waals surface area contributed by atoms with E-state index in [1.165, 1.54) is 12.8 Å². The van der Waals surface area contributed by atoms with Crippen molar-refractivity contribution in [3.05, 3.63) is 41.1 Å². The molecule has 0 radical (unpaired) electrons. The predicted octanol–water partition coefficient (Wildman–Crippen LogP) is 3.04. The van der Waals surface area contributed by atoms with E-state index < -0.39 is 0 Å². The first kappa shape index (κ1) is 18.3. The van der Waals surface area contributed by atoms with Crippen LogP contribution in [0.25, 0.3) is 5.65 Å². The Bertz CT molecular complexity index is 1050. The highest BCUT2D eigenvalue weighted by Gasteiger charge is 2.31. The van der Waals surface area contributed by atoms with Crippen LogP contribution in [0.1, 0.15) is 86.0 Å². The minimum Gasteiger partial charge on any atom is -0.337 e. The molecule has 1 aliphatic carbocycles. The van der Waals surface area contributed by atoms with Crippen LogP contribution in [-0.2, 0) is 5.41 Å². The van der Waals surface area contributed by atoms with Crippen LogP contribution in [0, 0.1) is 0 Å². The molecule has 4 heterocycles. The van der Waals surface area contributed by atoms with Crippen molar-refractivity contribution in [1.29, 1.82) is 0 Å². The lowest BCUT2D eigenvalue weighted by atomic mass is 9.92. The van der Waals surface area contributed by atoms with Gasteiger partial charge in [0.05, 0.1) is 5.69 Å². The van der Waals surface area contributed by atoms with Crippen molar-refractivity contribution in [3.8, 4) is 0 Å². The van der Waals surface area contributed by atoms with Crippen molar-refractivity contribution in [1.82, 2.24) is 34.9 Å². The third kappa shape index (κ3) is 3.41. The maximum absolute atomic E-state index is 12.8. The van der Waals surface area contributed by atoms with Gasteiger partial charge in [0, 0.05) is 36.0 Å². The average Bonchev–Trinajstić information content (AvgIpc) is 3.28. The van der Waals surface area contributed by atoms with Crippen LogP contribution in [-0.4, -0.2) is 53.9 Å². The van der Waals surface area contributed by atoms with E-state index >= 15 is 0 Å². The molecule has 1 saturated carbocycles. The summed E-state index contributed by atoms with van der Waals surface area (Å²) in [6.07, 6.45) is 4.10. The number of fused-ring (bicyclic) bond motifs is 1. The number of aromatic nitrogens is 6. The number of piperidine rings is 1. The SMILES string of the molecule is CC(C)(C)c1ccc2nnc(C3CCN(C(=O)c4cc(C5CC5)[nH]n4)CC3)n2n1. The van der Waals surface area contributed by atoms with Gasteiger partial charge in [0.25, 0.3) is 5.91 Å². The number of nitrogens with one attached hydrogen (secondary N) is 1. The first-order chi connectivity index (χ1) is 13.9. The molecule has 29 heavy (non-hydrogen) atoms. The minimum absolute atomic E-state index is 0.0193. The summed E-state index contributed by atoms with van der Waals surface area (Å²) in [6.45, 7) is 7.85. The standard InChI is InChI=1S/C21H27N7O/c1-21(2,3)17-6-7-18-24-25-19(28(18)26-17)14-8-10-27(11-9-14)20(29)16-12-15(22-23-16)13-4-5-13/h6-7,12-14H,4-5,8-11H2,1-3H3,(H,22,23). The topological polar surface area (TPSA) is 92.1 Å². The molecule has 2 fully saturated rings. The molecule has 1 aliphatic heterocycles. The third-order valence-corrected chi connectivity index (χ3v) is 6.04. The number of hydrogen-bond donors (Lipinski definition) is 1. The second-order valence-electron chi connectivity index (χ2n) is 9.35. The van der Waals surface area contributed by atoms with Crippen molar-refractivity contribution in [2.24, 2.45) is 0 Å². The number of H-pyrrole nitrogens is 1. The van der Waals surface area contributed by atoms with Gasteiger partial charge in [-0.15, -0.1) is 10.2 Å². The second kappa shape index (κ2) is 6.64. The van der Waals surface area contributed by atoms with E-state index in [2.05, 4.69) is 41.2 Å². The van der Waals surface area contributed by atoms with E-state index in [0.29, 0.717) is 24.7 Å². The number of carbonyl (C=O) groups is 1. The third-order valence-electron chi connectivity index (χ3n) is 6.04. The summed E-state index contributed by atoms with van der Waals surface area (Å²) in [4.78, 5) is 14.7. The van der Waals surface area contributed by atoms with Gasteiger partial charge >= 0.3 is 0 Å². The molecule has 0 bridgehead atoms. The van der Waals surface area contributed by atoms with Crippen LogP contribution in [0.3, 0.4) is 0 Å². The van der Waals surface area contributed by atoms with E-state index in [0.717, 1.165) is 35.7 Å². The summed E-state index contributed by atoms with van der Waals surface area (Å²) in [5.41, 5.74) is 3.39. The average molecular weight is 393 g/mol. The molecule has 152 valence electrons. The summed E-state index contributed by atoms with van der Waals surface area (Å²) in [5, 5.41) is 20.8. The van der Waals surface area contributed by atoms with Crippen molar-refractivity contribution in [2.75, 3.05) is 13.1 Å². The van der Waals surface area contributed by atoms with Gasteiger partial charge in [0.1, 0.15) is 5.69 Å². The highest BCUT2D eigenvalue weighted by atomic mass is 16.2. The normalized spacial score (nSPS) is 18.5. The van der Waals surface area contributed by atoms with Crippen molar-refractivity contribution < 1.29 is 4.79 Å². The zero-order chi connectivity index (χ0) is 20.2. The summed E-state index contributed by atoms with van der Waals surface area (Å²) < 4.78 is 1.89. The van der Waals surface area contributed by atoms with Crippen LogP contribution in [0.5, 0.6) is 0 Å². The van der Waals surface area contributed by atoms with Crippen LogP contribution >= 0.6 is 0 Å². The summed E-state index contributed by atoms with van der Waals surface area (Å²) in [7, 11) is 0. The van der Waals surface area contributed by atoms with Gasteiger partial charge in [0.15, 0.2) is 11.5 Å². The molecule has 3 aromatic rings. The molecule has 8 nitrogen and oxygen atoms in total. The van der Waals surface area contributed by atoms with Crippen LogP contribution in [0.4, 0.5) is 0 Å². The summed E-state index contributed by atoms with van der Waals surface area (Å²) in [5.74, 6) is 1.74. The zero-order valence-corrected chi connectivity index (χ0v) is 17.2. The van der Waals surface area contributed by atoms with E-state index in [9.17, 15) is 4.79 Å². The Morgan fingerprint density at radius 2 is 1.83 bits per heavy atom. The number of nitrogens with zero attached hydrogens (tertiary/aromatic N) is 6. The molecule has 1 N–H and O–H groups in total. The van der Waals surface area contributed by atoms with Crippen LogP contribution in [0.2, 0.25) is 0 Å². The number of rotatable bonds is 3. The Morgan fingerprint density at radius 3 is 2.52 bits per heavy atom. The largest absolute Gasteiger partial charge is 0.337 e. The quantitative estimate of drug-likeness (QED) is 0.738. The maximum Gasteiger partial charge on any atom is 0.274 e. The highest BCUT2D eigenvalue weighted by molar-refractivity contribution is 5.92. The number of carbonyl (C=O) groups excluding carboxylic acids is 1. The first-order valence-electron chi connectivity index (χ1n) is 10.5. The number of aromatic amines is 1. The number of likely N-dealkylation sites (tertiary alicyclic amines) is 1. The summed E-state index contributed by atoms with van der Waals surface area (Å²) in [6, 6.07) is 5.93. The molecule has 1 saturated heterocycles. The van der Waals surface area contributed by atoms with E-state index in [-0.39, 0.29) is 17.2 Å². The monoisotopic (exact) mass is 393 g/mol. The molecule has 8 heteroatoms. The minimum atomic E-state index is -0.0333. The number of amides is 1. The predicted molar refractivity (Wildman–Crippen MR) is 108 cm³/mol. The fraction of sp³-hybridized carbons (Fsp3) is 0.571. The Kier molecular flexibility index (Phi) is 4.18. The zero-order valence-electron chi connectivity index (χ0n) is 17.2. The van der Waals surface area contributed by atoms with Crippen molar-refractivity contribution in [2.45, 2.75) is 63.7 Å². The number of hydrogen-bond acceptors (Lipinski definition) is 5. The van der Waals surface area contributed by atoms with Crippen molar-refractivity contribution in [3.63, 3.8) is 0 Å². The smallest absolute Gasteiger partial charge is 0.274 e. The fourth-order valence-corrected chi connectivity index (χ4v) is 4.01. The lowest BCUT2D eigenvalue weighted by Gasteiger charge is -2.30. The van der Waals surface area contributed by atoms with Gasteiger partial charge < -0.3 is 4.90 Å². The molecular formula is C21H27N7O. The molecule has 3 aromatic heterocycles.